The van der Waals surface area contributed by atoms with Gasteiger partial charge >= 0.3 is 0 Å². The molecule has 2 heterocycles. The second-order valence-corrected chi connectivity index (χ2v) is 8.48. The van der Waals surface area contributed by atoms with Crippen LogP contribution in [0.4, 0.5) is 0 Å². The number of sulfonamides is 1. The summed E-state index contributed by atoms with van der Waals surface area (Å²) in [5.41, 5.74) is 1.80. The van der Waals surface area contributed by atoms with Crippen molar-refractivity contribution in [3.05, 3.63) is 52.5 Å². The van der Waals surface area contributed by atoms with Crippen LogP contribution in [-0.2, 0) is 10.0 Å². The number of carbonyl (C=O) groups is 1. The molecule has 0 spiro atoms. The normalized spacial score (nSPS) is 15.6. The molecule has 7 nitrogen and oxygen atoms in total. The summed E-state index contributed by atoms with van der Waals surface area (Å²) in [5.74, 6) is 1.18. The predicted molar refractivity (Wildman–Crippen MR) is 98.7 cm³/mol. The van der Waals surface area contributed by atoms with Gasteiger partial charge in [-0.1, -0.05) is 0 Å². The number of nitriles is 1. The van der Waals surface area contributed by atoms with Crippen molar-refractivity contribution >= 4 is 15.9 Å². The minimum atomic E-state index is -3.65. The number of hydrogen-bond donors (Lipinski definition) is 0. The van der Waals surface area contributed by atoms with E-state index in [2.05, 4.69) is 0 Å². The number of aryl methyl sites for hydroxylation is 2. The molecule has 0 radical (unpaired) electrons. The highest BCUT2D eigenvalue weighted by atomic mass is 32.2. The Morgan fingerprint density at radius 3 is 2.11 bits per heavy atom. The summed E-state index contributed by atoms with van der Waals surface area (Å²) in [6, 6.07) is 7.81. The Bertz CT molecular complexity index is 1010. The van der Waals surface area contributed by atoms with Gasteiger partial charge in [-0.2, -0.15) is 9.57 Å². The fourth-order valence-corrected chi connectivity index (χ4v) is 4.67. The Kier molecular flexibility index (Phi) is 5.09. The molecule has 2 aromatic rings. The molecule has 3 rings (SSSR count). The molecule has 0 N–H and O–H groups in total. The largest absolute Gasteiger partial charge is 0.466 e. The monoisotopic (exact) mass is 387 g/mol. The Morgan fingerprint density at radius 1 is 1.04 bits per heavy atom. The molecule has 0 unspecified atom stereocenters. The molecule has 142 valence electrons. The third kappa shape index (κ3) is 3.48. The molecule has 1 amide bonds. The lowest BCUT2D eigenvalue weighted by Gasteiger charge is -2.34. The second-order valence-electron chi connectivity index (χ2n) is 6.55. The molecular formula is C19H21N3O4S. The van der Waals surface area contributed by atoms with Crippen LogP contribution in [0.3, 0.4) is 0 Å². The Morgan fingerprint density at radius 2 is 1.63 bits per heavy atom. The maximum absolute atomic E-state index is 12.8. The highest BCUT2D eigenvalue weighted by molar-refractivity contribution is 7.89. The van der Waals surface area contributed by atoms with Crippen LogP contribution in [0.1, 0.15) is 33.0 Å². The number of hydrogen-bond acceptors (Lipinski definition) is 5. The van der Waals surface area contributed by atoms with Gasteiger partial charge in [-0.3, -0.25) is 4.79 Å². The quantitative estimate of drug-likeness (QED) is 0.805. The molecule has 0 aliphatic carbocycles. The average Bonchev–Trinajstić information content (AvgIpc) is 2.93. The van der Waals surface area contributed by atoms with Gasteiger partial charge in [-0.25, -0.2) is 8.42 Å². The van der Waals surface area contributed by atoms with Crippen LogP contribution in [0.5, 0.6) is 0 Å². The molecule has 1 aliphatic heterocycles. The van der Waals surface area contributed by atoms with Crippen molar-refractivity contribution in [2.45, 2.75) is 25.7 Å². The lowest BCUT2D eigenvalue weighted by atomic mass is 10.1. The first-order valence-corrected chi connectivity index (χ1v) is 10.1. The molecule has 1 aromatic heterocycles. The van der Waals surface area contributed by atoms with E-state index in [-0.39, 0.29) is 23.9 Å². The average molecular weight is 387 g/mol. The highest BCUT2D eigenvalue weighted by Crippen LogP contribution is 2.24. The first-order valence-electron chi connectivity index (χ1n) is 8.62. The van der Waals surface area contributed by atoms with Crippen LogP contribution in [0.15, 0.2) is 33.6 Å². The third-order valence-electron chi connectivity index (χ3n) is 4.92. The predicted octanol–water partition coefficient (Wildman–Crippen LogP) is 2.22. The maximum atomic E-state index is 12.8. The molecule has 8 heteroatoms. The smallest absolute Gasteiger partial charge is 0.257 e. The number of piperazine rings is 1. The zero-order chi connectivity index (χ0) is 19.8. The number of amides is 1. The van der Waals surface area contributed by atoms with Crippen LogP contribution >= 0.6 is 0 Å². The van der Waals surface area contributed by atoms with Crippen LogP contribution in [-0.4, -0.2) is 49.7 Å². The van der Waals surface area contributed by atoms with Gasteiger partial charge < -0.3 is 9.32 Å². The van der Waals surface area contributed by atoms with Crippen molar-refractivity contribution in [3.8, 4) is 6.07 Å². The van der Waals surface area contributed by atoms with E-state index >= 15 is 0 Å². The third-order valence-corrected chi connectivity index (χ3v) is 6.84. The molecule has 0 atom stereocenters. The molecule has 1 aromatic carbocycles. The van der Waals surface area contributed by atoms with E-state index in [1.165, 1.54) is 28.6 Å². The Labute approximate surface area is 158 Å². The topological polar surface area (TPSA) is 94.6 Å². The van der Waals surface area contributed by atoms with Crippen LogP contribution in [0.25, 0.3) is 0 Å². The van der Waals surface area contributed by atoms with Crippen LogP contribution in [0, 0.1) is 32.1 Å². The number of nitrogens with zero attached hydrogens (tertiary/aromatic N) is 3. The Balaban J connectivity index is 1.72. The summed E-state index contributed by atoms with van der Waals surface area (Å²) in [7, 11) is -3.65. The fraction of sp³-hybridized carbons (Fsp3) is 0.368. The number of benzene rings is 1. The summed E-state index contributed by atoms with van der Waals surface area (Å²) in [6.07, 6.45) is 0. The van der Waals surface area contributed by atoms with E-state index in [9.17, 15) is 13.2 Å². The lowest BCUT2D eigenvalue weighted by molar-refractivity contribution is 0.0695. The molecule has 0 saturated carbocycles. The number of carbonyl (C=O) groups excluding carboxylic acids is 1. The summed E-state index contributed by atoms with van der Waals surface area (Å²) in [6.45, 7) is 6.52. The van der Waals surface area contributed by atoms with E-state index in [0.717, 1.165) is 11.3 Å². The van der Waals surface area contributed by atoms with E-state index in [1.54, 1.807) is 11.8 Å². The minimum absolute atomic E-state index is 0.128. The van der Waals surface area contributed by atoms with Crippen molar-refractivity contribution < 1.29 is 17.6 Å². The summed E-state index contributed by atoms with van der Waals surface area (Å²) < 4.78 is 32.4. The SMILES string of the molecule is Cc1oc(C)c(C(=O)N2CCN(S(=O)(=O)c3ccc(C#N)cc3)CC2)c1C. The second kappa shape index (κ2) is 7.18. The summed E-state index contributed by atoms with van der Waals surface area (Å²) in [4.78, 5) is 14.6. The maximum Gasteiger partial charge on any atom is 0.257 e. The van der Waals surface area contributed by atoms with Gasteiger partial charge in [0.05, 0.1) is 22.1 Å². The van der Waals surface area contributed by atoms with Gasteiger partial charge in [0.15, 0.2) is 0 Å². The van der Waals surface area contributed by atoms with Crippen LogP contribution < -0.4 is 0 Å². The minimum Gasteiger partial charge on any atom is -0.466 e. The van der Waals surface area contributed by atoms with Gasteiger partial charge in [0.1, 0.15) is 11.5 Å². The van der Waals surface area contributed by atoms with Crippen molar-refractivity contribution in [2.75, 3.05) is 26.2 Å². The summed E-state index contributed by atoms with van der Waals surface area (Å²) in [5, 5.41) is 8.84. The van der Waals surface area contributed by atoms with E-state index in [1.807, 2.05) is 19.9 Å². The van der Waals surface area contributed by atoms with Crippen molar-refractivity contribution in [1.82, 2.24) is 9.21 Å². The van der Waals surface area contributed by atoms with E-state index < -0.39 is 10.0 Å². The molecule has 0 bridgehead atoms. The van der Waals surface area contributed by atoms with Gasteiger partial charge in [0.25, 0.3) is 5.91 Å². The highest BCUT2D eigenvalue weighted by Gasteiger charge is 2.32. The van der Waals surface area contributed by atoms with E-state index in [0.29, 0.717) is 30.0 Å². The van der Waals surface area contributed by atoms with E-state index in [4.69, 9.17) is 9.68 Å². The van der Waals surface area contributed by atoms with Gasteiger partial charge in [-0.15, -0.1) is 0 Å². The molecule has 1 saturated heterocycles. The van der Waals surface area contributed by atoms with Gasteiger partial charge in [0, 0.05) is 31.7 Å². The fourth-order valence-electron chi connectivity index (χ4n) is 3.25. The van der Waals surface area contributed by atoms with Crippen LogP contribution in [0.2, 0.25) is 0 Å². The molecule has 1 aliphatic rings. The first-order chi connectivity index (χ1) is 12.8. The first kappa shape index (κ1) is 19.1. The molecule has 1 fully saturated rings. The summed E-state index contributed by atoms with van der Waals surface area (Å²) >= 11 is 0. The standard InChI is InChI=1S/C19H21N3O4S/c1-13-14(2)26-15(3)18(13)19(23)21-8-10-22(11-9-21)27(24,25)17-6-4-16(12-20)5-7-17/h4-7H,8-11H2,1-3H3. The number of furan rings is 1. The van der Waals surface area contributed by atoms with Gasteiger partial charge in [0.2, 0.25) is 10.0 Å². The Hall–Kier alpha value is -2.63. The van der Waals surface area contributed by atoms with Crippen molar-refractivity contribution in [2.24, 2.45) is 0 Å². The van der Waals surface area contributed by atoms with Crippen molar-refractivity contribution in [1.29, 1.82) is 5.26 Å². The van der Waals surface area contributed by atoms with Gasteiger partial charge in [-0.05, 0) is 45.0 Å². The van der Waals surface area contributed by atoms with Crippen molar-refractivity contribution in [3.63, 3.8) is 0 Å². The lowest BCUT2D eigenvalue weighted by Crippen LogP contribution is -2.50. The zero-order valence-corrected chi connectivity index (χ0v) is 16.3. The number of rotatable bonds is 3. The zero-order valence-electron chi connectivity index (χ0n) is 15.5. The molecule has 27 heavy (non-hydrogen) atoms. The molecular weight excluding hydrogens is 366 g/mol.